The third-order valence-corrected chi connectivity index (χ3v) is 3.54. The number of Topliss-reactive ketones (excluding diaryl/α,β-unsaturated/α-hetero) is 3. The molecule has 1 heterocycles. The highest BCUT2D eigenvalue weighted by molar-refractivity contribution is 6.30. The van der Waals surface area contributed by atoms with Crippen LogP contribution in [0.2, 0.25) is 5.02 Å². The summed E-state index contributed by atoms with van der Waals surface area (Å²) in [6.07, 6.45) is 0.457. The van der Waals surface area contributed by atoms with Gasteiger partial charge in [-0.2, -0.15) is 0 Å². The third-order valence-electron chi connectivity index (χ3n) is 3.29. The van der Waals surface area contributed by atoms with Gasteiger partial charge in [0, 0.05) is 10.6 Å². The van der Waals surface area contributed by atoms with E-state index in [1.807, 2.05) is 0 Å². The van der Waals surface area contributed by atoms with Gasteiger partial charge in [-0.1, -0.05) is 11.6 Å². The average molecular weight is 280 g/mol. The second-order valence-corrected chi connectivity index (χ2v) is 5.05. The number of halogens is 1. The van der Waals surface area contributed by atoms with E-state index in [0.29, 0.717) is 23.6 Å². The molecular weight excluding hydrogens is 266 g/mol. The molecule has 1 aliphatic heterocycles. The summed E-state index contributed by atoms with van der Waals surface area (Å²) < 4.78 is 0. The van der Waals surface area contributed by atoms with Gasteiger partial charge in [0.15, 0.2) is 11.6 Å². The van der Waals surface area contributed by atoms with E-state index < -0.39 is 12.0 Å². The number of nitrogens with one attached hydrogen (secondary N) is 1. The zero-order valence-corrected chi connectivity index (χ0v) is 11.2. The van der Waals surface area contributed by atoms with Crippen LogP contribution in [0.3, 0.4) is 0 Å². The van der Waals surface area contributed by atoms with Crippen molar-refractivity contribution in [3.8, 4) is 0 Å². The number of hydrogen-bond donors (Lipinski definition) is 1. The highest BCUT2D eigenvalue weighted by Gasteiger charge is 2.37. The highest BCUT2D eigenvalue weighted by Crippen LogP contribution is 2.18. The normalized spacial score (nSPS) is 23.2. The Morgan fingerprint density at radius 2 is 1.89 bits per heavy atom. The van der Waals surface area contributed by atoms with Crippen molar-refractivity contribution in [1.29, 1.82) is 0 Å². The molecule has 1 aliphatic rings. The Bertz CT molecular complexity index is 524. The maximum Gasteiger partial charge on any atom is 0.187 e. The molecule has 0 amide bonds. The van der Waals surface area contributed by atoms with Gasteiger partial charge in [0.05, 0.1) is 5.92 Å². The molecule has 0 aromatic heterocycles. The standard InChI is InChI=1S/C14H14ClNO3/c1-8(17)11-6-7-16-12(14(11)19)13(18)9-2-4-10(15)5-3-9/h2-5,11-12,16H,6-7H2,1H3. The quantitative estimate of drug-likeness (QED) is 0.675. The lowest BCUT2D eigenvalue weighted by atomic mass is 9.85. The van der Waals surface area contributed by atoms with E-state index in [4.69, 9.17) is 11.6 Å². The topological polar surface area (TPSA) is 63.2 Å². The first-order valence-electron chi connectivity index (χ1n) is 6.08. The third kappa shape index (κ3) is 2.91. The molecular formula is C14H14ClNO3. The summed E-state index contributed by atoms with van der Waals surface area (Å²) in [4.78, 5) is 35.8. The van der Waals surface area contributed by atoms with Gasteiger partial charge in [0.1, 0.15) is 11.8 Å². The highest BCUT2D eigenvalue weighted by atomic mass is 35.5. The van der Waals surface area contributed by atoms with Crippen molar-refractivity contribution in [2.75, 3.05) is 6.54 Å². The molecule has 0 bridgehead atoms. The Morgan fingerprint density at radius 3 is 2.47 bits per heavy atom. The molecule has 4 nitrogen and oxygen atoms in total. The van der Waals surface area contributed by atoms with E-state index in [1.54, 1.807) is 24.3 Å². The molecule has 5 heteroatoms. The zero-order valence-electron chi connectivity index (χ0n) is 10.5. The van der Waals surface area contributed by atoms with Crippen LogP contribution in [-0.2, 0) is 9.59 Å². The van der Waals surface area contributed by atoms with Gasteiger partial charge in [0.25, 0.3) is 0 Å². The van der Waals surface area contributed by atoms with E-state index in [2.05, 4.69) is 5.32 Å². The lowest BCUT2D eigenvalue weighted by molar-refractivity contribution is -0.133. The van der Waals surface area contributed by atoms with Crippen LogP contribution in [-0.4, -0.2) is 29.9 Å². The second kappa shape index (κ2) is 5.63. The molecule has 0 radical (unpaired) electrons. The summed E-state index contributed by atoms with van der Waals surface area (Å²) in [6.45, 7) is 1.87. The largest absolute Gasteiger partial charge is 0.301 e. The van der Waals surface area contributed by atoms with Crippen molar-refractivity contribution in [1.82, 2.24) is 5.32 Å². The van der Waals surface area contributed by atoms with Crippen molar-refractivity contribution in [2.24, 2.45) is 5.92 Å². The van der Waals surface area contributed by atoms with Crippen LogP contribution in [0.15, 0.2) is 24.3 Å². The zero-order chi connectivity index (χ0) is 14.0. The summed E-state index contributed by atoms with van der Waals surface area (Å²) in [5.74, 6) is -1.49. The average Bonchev–Trinajstić information content (AvgIpc) is 2.38. The first kappa shape index (κ1) is 13.9. The van der Waals surface area contributed by atoms with Crippen LogP contribution in [0.4, 0.5) is 0 Å². The van der Waals surface area contributed by atoms with Crippen LogP contribution in [0, 0.1) is 5.92 Å². The minimum absolute atomic E-state index is 0.180. The molecule has 1 fully saturated rings. The predicted octanol–water partition coefficient (Wildman–Crippen LogP) is 1.66. The molecule has 2 unspecified atom stereocenters. The van der Waals surface area contributed by atoms with Crippen LogP contribution >= 0.6 is 11.6 Å². The summed E-state index contributed by atoms with van der Waals surface area (Å²) >= 11 is 5.76. The fourth-order valence-corrected chi connectivity index (χ4v) is 2.35. The number of piperidine rings is 1. The minimum atomic E-state index is -0.927. The Labute approximate surface area is 116 Å². The Kier molecular flexibility index (Phi) is 4.12. The van der Waals surface area contributed by atoms with Gasteiger partial charge in [-0.15, -0.1) is 0 Å². The minimum Gasteiger partial charge on any atom is -0.301 e. The summed E-state index contributed by atoms with van der Waals surface area (Å²) in [6, 6.07) is 5.44. The van der Waals surface area contributed by atoms with Gasteiger partial charge in [0.2, 0.25) is 0 Å². The number of carbonyl (C=O) groups excluding carboxylic acids is 3. The van der Waals surface area contributed by atoms with Gasteiger partial charge >= 0.3 is 0 Å². The SMILES string of the molecule is CC(=O)C1CCNC(C(=O)c2ccc(Cl)cc2)C1=O. The monoisotopic (exact) mass is 279 g/mol. The maximum atomic E-state index is 12.3. The Morgan fingerprint density at radius 1 is 1.26 bits per heavy atom. The summed E-state index contributed by atoms with van der Waals surface area (Å²) in [7, 11) is 0. The molecule has 0 saturated carbocycles. The Balaban J connectivity index is 2.21. The maximum absolute atomic E-state index is 12.3. The fraction of sp³-hybridized carbons (Fsp3) is 0.357. The molecule has 100 valence electrons. The lowest BCUT2D eigenvalue weighted by Crippen LogP contribution is -2.52. The van der Waals surface area contributed by atoms with Gasteiger partial charge in [-0.3, -0.25) is 14.4 Å². The molecule has 1 saturated heterocycles. The fourth-order valence-electron chi connectivity index (χ4n) is 2.22. The van der Waals surface area contributed by atoms with E-state index in [-0.39, 0.29) is 17.3 Å². The number of carbonyl (C=O) groups is 3. The Hall–Kier alpha value is -1.52. The van der Waals surface area contributed by atoms with Gasteiger partial charge in [-0.05, 0) is 44.2 Å². The molecule has 1 aromatic rings. The van der Waals surface area contributed by atoms with Crippen molar-refractivity contribution in [2.45, 2.75) is 19.4 Å². The number of rotatable bonds is 3. The molecule has 1 aromatic carbocycles. The van der Waals surface area contributed by atoms with Crippen molar-refractivity contribution in [3.05, 3.63) is 34.9 Å². The summed E-state index contributed by atoms with van der Waals surface area (Å²) in [5, 5.41) is 3.41. The summed E-state index contributed by atoms with van der Waals surface area (Å²) in [5.41, 5.74) is 0.416. The van der Waals surface area contributed by atoms with Crippen molar-refractivity contribution >= 4 is 29.0 Å². The first-order valence-corrected chi connectivity index (χ1v) is 6.46. The number of benzene rings is 1. The van der Waals surface area contributed by atoms with Crippen molar-refractivity contribution in [3.63, 3.8) is 0 Å². The van der Waals surface area contributed by atoms with E-state index in [1.165, 1.54) is 6.92 Å². The molecule has 1 N–H and O–H groups in total. The number of hydrogen-bond acceptors (Lipinski definition) is 4. The van der Waals surface area contributed by atoms with Crippen molar-refractivity contribution < 1.29 is 14.4 Å². The van der Waals surface area contributed by atoms with Crippen LogP contribution < -0.4 is 5.32 Å². The van der Waals surface area contributed by atoms with E-state index in [0.717, 1.165) is 0 Å². The van der Waals surface area contributed by atoms with E-state index in [9.17, 15) is 14.4 Å². The lowest BCUT2D eigenvalue weighted by Gasteiger charge is -2.26. The van der Waals surface area contributed by atoms with Crippen LogP contribution in [0.1, 0.15) is 23.7 Å². The molecule has 2 rings (SSSR count). The van der Waals surface area contributed by atoms with Crippen LogP contribution in [0.25, 0.3) is 0 Å². The van der Waals surface area contributed by atoms with E-state index >= 15 is 0 Å². The molecule has 0 spiro atoms. The second-order valence-electron chi connectivity index (χ2n) is 4.61. The van der Waals surface area contributed by atoms with Gasteiger partial charge < -0.3 is 5.32 Å². The smallest absolute Gasteiger partial charge is 0.187 e. The number of ketones is 3. The molecule has 2 atom stereocenters. The van der Waals surface area contributed by atoms with Crippen LogP contribution in [0.5, 0.6) is 0 Å². The molecule has 0 aliphatic carbocycles. The van der Waals surface area contributed by atoms with Gasteiger partial charge in [-0.25, -0.2) is 0 Å². The molecule has 19 heavy (non-hydrogen) atoms. The predicted molar refractivity (Wildman–Crippen MR) is 71.4 cm³/mol. The first-order chi connectivity index (χ1) is 9.00.